The predicted molar refractivity (Wildman–Crippen MR) is 95.6 cm³/mol. The monoisotopic (exact) mass is 309 g/mol. The van der Waals surface area contributed by atoms with E-state index >= 15 is 0 Å². The molecule has 0 aliphatic carbocycles. The van der Waals surface area contributed by atoms with Gasteiger partial charge in [-0.3, -0.25) is 0 Å². The molecule has 2 aromatic rings. The van der Waals surface area contributed by atoms with Gasteiger partial charge >= 0.3 is 0 Å². The number of β-amino-alcohol motifs (C(OH)–C–C–N with tert-alkyl or cyclic N) is 1. The van der Waals surface area contributed by atoms with E-state index in [-0.39, 0.29) is 5.41 Å². The molecule has 1 atom stereocenters. The lowest BCUT2D eigenvalue weighted by atomic mass is 9.68. The first-order valence-electron chi connectivity index (χ1n) is 8.79. The largest absolute Gasteiger partial charge is 0.391 e. The SMILES string of the molecule is CCC(c1ccccc1)(c1ccccc1)C(O)CN1CCCC1. The van der Waals surface area contributed by atoms with Crippen LogP contribution in [-0.2, 0) is 5.41 Å². The number of likely N-dealkylation sites (tertiary alicyclic amines) is 1. The maximum absolute atomic E-state index is 11.3. The van der Waals surface area contributed by atoms with Gasteiger partial charge in [0.05, 0.1) is 6.10 Å². The molecule has 0 saturated carbocycles. The summed E-state index contributed by atoms with van der Waals surface area (Å²) < 4.78 is 0. The highest BCUT2D eigenvalue weighted by Crippen LogP contribution is 2.39. The number of hydrogen-bond acceptors (Lipinski definition) is 2. The smallest absolute Gasteiger partial charge is 0.0803 e. The van der Waals surface area contributed by atoms with Gasteiger partial charge in [-0.1, -0.05) is 67.6 Å². The molecule has 0 spiro atoms. The lowest BCUT2D eigenvalue weighted by Crippen LogP contribution is -2.46. The minimum Gasteiger partial charge on any atom is -0.391 e. The molecule has 1 fully saturated rings. The van der Waals surface area contributed by atoms with Gasteiger partial charge in [0, 0.05) is 12.0 Å². The van der Waals surface area contributed by atoms with Crippen LogP contribution in [0.1, 0.15) is 37.3 Å². The van der Waals surface area contributed by atoms with Crippen LogP contribution in [0.4, 0.5) is 0 Å². The molecule has 3 rings (SSSR count). The number of aliphatic hydroxyl groups is 1. The first-order valence-corrected chi connectivity index (χ1v) is 8.79. The van der Waals surface area contributed by atoms with Gasteiger partial charge in [-0.2, -0.15) is 0 Å². The minimum atomic E-state index is -0.407. The molecule has 1 aliphatic heterocycles. The summed E-state index contributed by atoms with van der Waals surface area (Å²) in [6, 6.07) is 21.0. The molecule has 0 aromatic heterocycles. The Kier molecular flexibility index (Phi) is 5.14. The molecule has 1 aliphatic rings. The molecule has 0 radical (unpaired) electrons. The van der Waals surface area contributed by atoms with Crippen molar-refractivity contribution in [3.8, 4) is 0 Å². The quantitative estimate of drug-likeness (QED) is 0.876. The van der Waals surface area contributed by atoms with Crippen molar-refractivity contribution < 1.29 is 5.11 Å². The summed E-state index contributed by atoms with van der Waals surface area (Å²) >= 11 is 0. The summed E-state index contributed by atoms with van der Waals surface area (Å²) in [7, 11) is 0. The van der Waals surface area contributed by atoms with Crippen molar-refractivity contribution >= 4 is 0 Å². The second kappa shape index (κ2) is 7.29. The van der Waals surface area contributed by atoms with Crippen molar-refractivity contribution in [1.82, 2.24) is 4.90 Å². The lowest BCUT2D eigenvalue weighted by molar-refractivity contribution is 0.0645. The molecule has 23 heavy (non-hydrogen) atoms. The van der Waals surface area contributed by atoms with Crippen LogP contribution in [0.25, 0.3) is 0 Å². The van der Waals surface area contributed by atoms with Crippen molar-refractivity contribution in [2.45, 2.75) is 37.7 Å². The Morgan fingerprint density at radius 1 is 0.913 bits per heavy atom. The Bertz CT molecular complexity index is 550. The summed E-state index contributed by atoms with van der Waals surface area (Å²) in [4.78, 5) is 2.40. The van der Waals surface area contributed by atoms with Gasteiger partial charge in [0.25, 0.3) is 0 Å². The fourth-order valence-electron chi connectivity index (χ4n) is 4.03. The lowest BCUT2D eigenvalue weighted by Gasteiger charge is -2.40. The molecule has 2 heteroatoms. The van der Waals surface area contributed by atoms with Gasteiger partial charge < -0.3 is 10.0 Å². The second-order valence-corrected chi connectivity index (χ2v) is 6.58. The van der Waals surface area contributed by atoms with Crippen LogP contribution in [0.3, 0.4) is 0 Å². The van der Waals surface area contributed by atoms with Crippen LogP contribution >= 0.6 is 0 Å². The van der Waals surface area contributed by atoms with E-state index in [9.17, 15) is 5.11 Å². The maximum Gasteiger partial charge on any atom is 0.0803 e. The van der Waals surface area contributed by atoms with Crippen LogP contribution in [-0.4, -0.2) is 35.7 Å². The van der Waals surface area contributed by atoms with Gasteiger partial charge in [0.2, 0.25) is 0 Å². The fraction of sp³-hybridized carbons (Fsp3) is 0.429. The van der Waals surface area contributed by atoms with Gasteiger partial charge in [0.1, 0.15) is 0 Å². The zero-order valence-corrected chi connectivity index (χ0v) is 14.0. The average molecular weight is 309 g/mol. The molecule has 0 bridgehead atoms. The topological polar surface area (TPSA) is 23.5 Å². The van der Waals surface area contributed by atoms with Gasteiger partial charge in [-0.05, 0) is 43.5 Å². The molecule has 1 unspecified atom stereocenters. The standard InChI is InChI=1S/C21H27NO/c1-2-21(18-11-5-3-6-12-18,19-13-7-4-8-14-19)20(23)17-22-15-9-10-16-22/h3-8,11-14,20,23H,2,9-10,15-17H2,1H3. The number of hydrogen-bond donors (Lipinski definition) is 1. The Morgan fingerprint density at radius 3 is 1.83 bits per heavy atom. The number of benzene rings is 2. The number of nitrogens with zero attached hydrogens (tertiary/aromatic N) is 1. The molecular formula is C21H27NO. The van der Waals surface area contributed by atoms with Crippen LogP contribution in [0.5, 0.6) is 0 Å². The Balaban J connectivity index is 2.01. The molecule has 1 heterocycles. The van der Waals surface area contributed by atoms with Crippen molar-refractivity contribution in [3.63, 3.8) is 0 Å². The number of rotatable bonds is 6. The zero-order valence-electron chi connectivity index (χ0n) is 14.0. The predicted octanol–water partition coefficient (Wildman–Crippen LogP) is 3.84. The molecule has 1 saturated heterocycles. The maximum atomic E-state index is 11.3. The average Bonchev–Trinajstić information content (AvgIpc) is 3.11. The van der Waals surface area contributed by atoms with E-state index in [1.54, 1.807) is 0 Å². The van der Waals surface area contributed by atoms with E-state index in [0.29, 0.717) is 0 Å². The third kappa shape index (κ3) is 3.19. The zero-order chi connectivity index (χ0) is 16.1. The highest BCUT2D eigenvalue weighted by atomic mass is 16.3. The summed E-state index contributed by atoms with van der Waals surface area (Å²) in [5, 5.41) is 11.3. The van der Waals surface area contributed by atoms with E-state index in [4.69, 9.17) is 0 Å². The van der Waals surface area contributed by atoms with E-state index in [2.05, 4.69) is 60.4 Å². The van der Waals surface area contributed by atoms with E-state index in [0.717, 1.165) is 26.1 Å². The van der Waals surface area contributed by atoms with Crippen LogP contribution in [0.15, 0.2) is 60.7 Å². The van der Waals surface area contributed by atoms with E-state index in [1.165, 1.54) is 24.0 Å². The van der Waals surface area contributed by atoms with Gasteiger partial charge in [-0.25, -0.2) is 0 Å². The number of aliphatic hydroxyl groups excluding tert-OH is 1. The Labute approximate surface area is 139 Å². The van der Waals surface area contributed by atoms with Crippen molar-refractivity contribution in [3.05, 3.63) is 71.8 Å². The molecule has 2 aromatic carbocycles. The van der Waals surface area contributed by atoms with Gasteiger partial charge in [-0.15, -0.1) is 0 Å². The summed E-state index contributed by atoms with van der Waals surface area (Å²) in [5.74, 6) is 0. The third-order valence-electron chi connectivity index (χ3n) is 5.33. The summed E-state index contributed by atoms with van der Waals surface area (Å²) in [6.07, 6.45) is 2.98. The summed E-state index contributed by atoms with van der Waals surface area (Å²) in [6.45, 7) is 5.16. The first-order chi connectivity index (χ1) is 11.3. The van der Waals surface area contributed by atoms with E-state index in [1.807, 2.05) is 12.1 Å². The highest BCUT2D eigenvalue weighted by Gasteiger charge is 2.40. The van der Waals surface area contributed by atoms with Crippen molar-refractivity contribution in [2.75, 3.05) is 19.6 Å². The fourth-order valence-corrected chi connectivity index (χ4v) is 4.03. The van der Waals surface area contributed by atoms with E-state index < -0.39 is 6.10 Å². The Hall–Kier alpha value is -1.64. The van der Waals surface area contributed by atoms with Gasteiger partial charge in [0.15, 0.2) is 0 Å². The Morgan fingerprint density at radius 2 is 1.39 bits per heavy atom. The normalized spacial score (nSPS) is 17.3. The highest BCUT2D eigenvalue weighted by molar-refractivity contribution is 5.41. The molecule has 0 amide bonds. The van der Waals surface area contributed by atoms with Crippen LogP contribution < -0.4 is 0 Å². The first kappa shape index (κ1) is 16.2. The van der Waals surface area contributed by atoms with Crippen LogP contribution in [0.2, 0.25) is 0 Å². The molecular weight excluding hydrogens is 282 g/mol. The molecule has 1 N–H and O–H groups in total. The second-order valence-electron chi connectivity index (χ2n) is 6.58. The third-order valence-corrected chi connectivity index (χ3v) is 5.33. The minimum absolute atomic E-state index is 0.342. The molecule has 2 nitrogen and oxygen atoms in total. The summed E-state index contributed by atoms with van der Waals surface area (Å²) in [5.41, 5.74) is 2.08. The van der Waals surface area contributed by atoms with Crippen molar-refractivity contribution in [1.29, 1.82) is 0 Å². The van der Waals surface area contributed by atoms with Crippen molar-refractivity contribution in [2.24, 2.45) is 0 Å². The molecule has 122 valence electrons. The van der Waals surface area contributed by atoms with Crippen LogP contribution in [0, 0.1) is 0 Å².